The Bertz CT molecular complexity index is 1250. The lowest BCUT2D eigenvalue weighted by Gasteiger charge is -2.11. The Morgan fingerprint density at radius 1 is 1.00 bits per heavy atom. The third kappa shape index (κ3) is 6.02. The average Bonchev–Trinajstić information content (AvgIpc) is 3.14. The number of amides is 1. The lowest BCUT2D eigenvalue weighted by atomic mass is 10.1. The van der Waals surface area contributed by atoms with Crippen LogP contribution in [0.4, 0.5) is 0 Å². The molecule has 0 saturated carbocycles. The summed E-state index contributed by atoms with van der Waals surface area (Å²) in [6.07, 6.45) is 1.89. The highest BCUT2D eigenvalue weighted by molar-refractivity contribution is 9.10. The summed E-state index contributed by atoms with van der Waals surface area (Å²) in [5.74, 6) is 1.67. The van der Waals surface area contributed by atoms with Crippen molar-refractivity contribution in [3.8, 4) is 5.75 Å². The van der Waals surface area contributed by atoms with E-state index in [1.807, 2.05) is 36.4 Å². The molecule has 0 spiro atoms. The molecule has 170 valence electrons. The average molecular weight is 506 g/mol. The smallest absolute Gasteiger partial charge is 0.251 e. The summed E-state index contributed by atoms with van der Waals surface area (Å²) in [6.45, 7) is 6.03. The fraction of sp³-hybridized carbons (Fsp3) is 0.259. The van der Waals surface area contributed by atoms with E-state index < -0.39 is 0 Å². The van der Waals surface area contributed by atoms with E-state index in [1.54, 1.807) is 6.07 Å². The predicted molar refractivity (Wildman–Crippen MR) is 136 cm³/mol. The van der Waals surface area contributed by atoms with Crippen molar-refractivity contribution in [1.82, 2.24) is 14.9 Å². The van der Waals surface area contributed by atoms with Crippen molar-refractivity contribution in [1.29, 1.82) is 0 Å². The number of fused-ring (bicyclic) bond motifs is 1. The van der Waals surface area contributed by atoms with Gasteiger partial charge < -0.3 is 14.6 Å². The number of halogens is 1. The van der Waals surface area contributed by atoms with E-state index in [9.17, 15) is 4.79 Å². The van der Waals surface area contributed by atoms with Crippen molar-refractivity contribution in [3.63, 3.8) is 0 Å². The van der Waals surface area contributed by atoms with Gasteiger partial charge in [0.1, 0.15) is 11.6 Å². The number of carbonyl (C=O) groups excluding carboxylic acids is 1. The van der Waals surface area contributed by atoms with Gasteiger partial charge in [-0.3, -0.25) is 4.79 Å². The molecule has 0 atom stereocenters. The Hall–Kier alpha value is -3.12. The van der Waals surface area contributed by atoms with Crippen LogP contribution in [-0.4, -0.2) is 22.1 Å². The summed E-state index contributed by atoms with van der Waals surface area (Å²) < 4.78 is 9.04. The van der Waals surface area contributed by atoms with Crippen molar-refractivity contribution in [2.45, 2.75) is 39.8 Å². The molecule has 0 fully saturated rings. The van der Waals surface area contributed by atoms with E-state index in [0.717, 1.165) is 46.5 Å². The number of imidazole rings is 1. The number of benzene rings is 3. The second kappa shape index (κ2) is 10.7. The van der Waals surface area contributed by atoms with Crippen LogP contribution in [0.2, 0.25) is 0 Å². The van der Waals surface area contributed by atoms with Gasteiger partial charge in [0.05, 0.1) is 24.2 Å². The van der Waals surface area contributed by atoms with Gasteiger partial charge in [0.25, 0.3) is 5.91 Å². The quantitative estimate of drug-likeness (QED) is 0.275. The van der Waals surface area contributed by atoms with Crippen LogP contribution < -0.4 is 10.1 Å². The van der Waals surface area contributed by atoms with Crippen LogP contribution in [0.15, 0.2) is 71.2 Å². The molecule has 0 aliphatic rings. The number of aryl methyl sites for hydroxylation is 3. The Labute approximate surface area is 202 Å². The van der Waals surface area contributed by atoms with Gasteiger partial charge in [0.2, 0.25) is 0 Å². The summed E-state index contributed by atoms with van der Waals surface area (Å²) in [5.41, 5.74) is 5.07. The molecule has 1 amide bonds. The molecule has 0 unspecified atom stereocenters. The Kier molecular flexibility index (Phi) is 7.45. The van der Waals surface area contributed by atoms with Crippen LogP contribution >= 0.6 is 15.9 Å². The number of nitrogens with zero attached hydrogens (tertiary/aromatic N) is 2. The summed E-state index contributed by atoms with van der Waals surface area (Å²) in [7, 11) is 0. The maximum Gasteiger partial charge on any atom is 0.251 e. The number of unbranched alkanes of at least 4 members (excludes halogenated alkanes) is 1. The molecule has 0 aliphatic carbocycles. The van der Waals surface area contributed by atoms with Crippen molar-refractivity contribution in [3.05, 3.63) is 93.7 Å². The van der Waals surface area contributed by atoms with E-state index >= 15 is 0 Å². The van der Waals surface area contributed by atoms with E-state index in [2.05, 4.69) is 63.9 Å². The molecule has 6 heteroatoms. The molecule has 4 rings (SSSR count). The maximum absolute atomic E-state index is 12.6. The van der Waals surface area contributed by atoms with Gasteiger partial charge in [-0.2, -0.15) is 0 Å². The highest BCUT2D eigenvalue weighted by atomic mass is 79.9. The number of rotatable bonds is 9. The maximum atomic E-state index is 12.6. The monoisotopic (exact) mass is 505 g/mol. The minimum atomic E-state index is -0.114. The highest BCUT2D eigenvalue weighted by Crippen LogP contribution is 2.19. The van der Waals surface area contributed by atoms with Gasteiger partial charge in [-0.1, -0.05) is 40.2 Å². The fourth-order valence-corrected chi connectivity index (χ4v) is 4.38. The molecule has 0 bridgehead atoms. The number of carbonyl (C=O) groups is 1. The van der Waals surface area contributed by atoms with Crippen molar-refractivity contribution in [2.24, 2.45) is 0 Å². The topological polar surface area (TPSA) is 56.1 Å². The normalized spacial score (nSPS) is 11.0. The summed E-state index contributed by atoms with van der Waals surface area (Å²) in [4.78, 5) is 17.4. The number of hydrogen-bond donors (Lipinski definition) is 1. The van der Waals surface area contributed by atoms with E-state index in [1.165, 1.54) is 11.1 Å². The second-order valence-electron chi connectivity index (χ2n) is 8.24. The summed E-state index contributed by atoms with van der Waals surface area (Å²) in [6, 6.07) is 21.8. The first-order valence-electron chi connectivity index (χ1n) is 11.2. The van der Waals surface area contributed by atoms with E-state index in [0.29, 0.717) is 18.7 Å². The molecule has 4 aromatic rings. The lowest BCUT2D eigenvalue weighted by Crippen LogP contribution is -2.24. The van der Waals surface area contributed by atoms with Crippen LogP contribution in [0.5, 0.6) is 5.75 Å². The van der Waals surface area contributed by atoms with Crippen molar-refractivity contribution < 1.29 is 9.53 Å². The molecule has 5 nitrogen and oxygen atoms in total. The van der Waals surface area contributed by atoms with Crippen LogP contribution in [-0.2, 0) is 13.1 Å². The molecule has 0 radical (unpaired) electrons. The van der Waals surface area contributed by atoms with Crippen LogP contribution in [0, 0.1) is 13.8 Å². The SMILES string of the molecule is Cc1cc(C)cc(OCCCCn2c(CNC(=O)c3cccc(Br)c3)nc3ccccc32)c1. The molecule has 1 N–H and O–H groups in total. The first-order chi connectivity index (χ1) is 16.0. The second-order valence-corrected chi connectivity index (χ2v) is 9.16. The number of ether oxygens (including phenoxy) is 1. The molecule has 1 heterocycles. The number of aromatic nitrogens is 2. The van der Waals surface area contributed by atoms with E-state index in [-0.39, 0.29) is 5.91 Å². The lowest BCUT2D eigenvalue weighted by molar-refractivity contribution is 0.0949. The molecular formula is C27H28BrN3O2. The Morgan fingerprint density at radius 3 is 2.58 bits per heavy atom. The molecule has 1 aromatic heterocycles. The van der Waals surface area contributed by atoms with Crippen LogP contribution in [0.3, 0.4) is 0 Å². The first-order valence-corrected chi connectivity index (χ1v) is 12.0. The summed E-state index contributed by atoms with van der Waals surface area (Å²) >= 11 is 3.42. The number of nitrogens with one attached hydrogen (secondary N) is 1. The van der Waals surface area contributed by atoms with Gasteiger partial charge in [-0.05, 0) is 80.3 Å². The zero-order valence-corrected chi connectivity index (χ0v) is 20.6. The molecule has 33 heavy (non-hydrogen) atoms. The first kappa shape index (κ1) is 23.1. The molecular weight excluding hydrogens is 478 g/mol. The zero-order valence-electron chi connectivity index (χ0n) is 19.0. The molecule has 0 aliphatic heterocycles. The standard InChI is InChI=1S/C27H28BrN3O2/c1-19-14-20(2)16-23(15-19)33-13-6-5-12-31-25-11-4-3-10-24(25)30-26(31)18-29-27(32)21-8-7-9-22(28)17-21/h3-4,7-11,14-17H,5-6,12-13,18H2,1-2H3,(H,29,32). The predicted octanol–water partition coefficient (Wildman–Crippen LogP) is 6.20. The number of hydrogen-bond acceptors (Lipinski definition) is 3. The van der Waals surface area contributed by atoms with Crippen molar-refractivity contribution in [2.75, 3.05) is 6.61 Å². The van der Waals surface area contributed by atoms with Crippen molar-refractivity contribution >= 4 is 32.9 Å². The van der Waals surface area contributed by atoms with Gasteiger partial charge in [-0.15, -0.1) is 0 Å². The third-order valence-electron chi connectivity index (χ3n) is 5.47. The van der Waals surface area contributed by atoms with E-state index in [4.69, 9.17) is 9.72 Å². The molecule has 3 aromatic carbocycles. The van der Waals surface area contributed by atoms with Crippen LogP contribution in [0.1, 0.15) is 40.2 Å². The Morgan fingerprint density at radius 2 is 1.79 bits per heavy atom. The third-order valence-corrected chi connectivity index (χ3v) is 5.96. The van der Waals surface area contributed by atoms with Gasteiger partial charge in [0.15, 0.2) is 0 Å². The zero-order chi connectivity index (χ0) is 23.2. The van der Waals surface area contributed by atoms with Crippen LogP contribution in [0.25, 0.3) is 11.0 Å². The minimum Gasteiger partial charge on any atom is -0.494 e. The number of para-hydroxylation sites is 2. The summed E-state index contributed by atoms with van der Waals surface area (Å²) in [5, 5.41) is 3.01. The largest absolute Gasteiger partial charge is 0.494 e. The van der Waals surface area contributed by atoms with Gasteiger partial charge in [-0.25, -0.2) is 4.98 Å². The highest BCUT2D eigenvalue weighted by Gasteiger charge is 2.12. The fourth-order valence-electron chi connectivity index (χ4n) is 3.98. The van der Waals surface area contributed by atoms with Gasteiger partial charge >= 0.3 is 0 Å². The minimum absolute atomic E-state index is 0.114. The van der Waals surface area contributed by atoms with Gasteiger partial charge in [0, 0.05) is 16.6 Å². The Balaban J connectivity index is 1.38. The molecule has 0 saturated heterocycles.